The summed E-state index contributed by atoms with van der Waals surface area (Å²) in [7, 11) is 0. The van der Waals surface area contributed by atoms with E-state index in [-0.39, 0.29) is 49.9 Å². The number of carbonyl (C=O) groups is 1. The Kier molecular flexibility index (Phi) is 5.77. The minimum atomic E-state index is -4.61. The first-order chi connectivity index (χ1) is 15.0. The number of fused-ring (bicyclic) bond motifs is 1. The van der Waals surface area contributed by atoms with E-state index in [0.717, 1.165) is 10.6 Å². The zero-order chi connectivity index (χ0) is 23.2. The second kappa shape index (κ2) is 8.26. The maximum Gasteiger partial charge on any atom is 0.451 e. The zero-order valence-electron chi connectivity index (χ0n) is 16.5. The number of aromatic nitrogens is 3. The molecule has 0 spiro atoms. The van der Waals surface area contributed by atoms with Crippen molar-refractivity contribution >= 4 is 6.09 Å². The molecule has 7 nitrogen and oxygen atoms in total. The molecule has 2 aliphatic rings. The molecule has 1 fully saturated rings. The molecule has 0 unspecified atom stereocenters. The molecule has 2 aromatic rings. The van der Waals surface area contributed by atoms with Crippen LogP contribution in [0.25, 0.3) is 0 Å². The van der Waals surface area contributed by atoms with Gasteiger partial charge in [0.1, 0.15) is 11.6 Å². The predicted octanol–water partition coefficient (Wildman–Crippen LogP) is 3.50. The van der Waals surface area contributed by atoms with Gasteiger partial charge in [0.2, 0.25) is 5.82 Å². The maximum absolute atomic E-state index is 14.3. The van der Waals surface area contributed by atoms with Gasteiger partial charge in [-0.15, -0.1) is 10.2 Å². The Morgan fingerprint density at radius 2 is 1.78 bits per heavy atom. The average molecular weight is 463 g/mol. The van der Waals surface area contributed by atoms with E-state index in [1.54, 1.807) is 0 Å². The van der Waals surface area contributed by atoms with Crippen molar-refractivity contribution < 1.29 is 36.2 Å². The Morgan fingerprint density at radius 1 is 1.06 bits per heavy atom. The van der Waals surface area contributed by atoms with Crippen LogP contribution in [0.2, 0.25) is 0 Å². The van der Waals surface area contributed by atoms with Gasteiger partial charge in [-0.3, -0.25) is 4.90 Å². The summed E-state index contributed by atoms with van der Waals surface area (Å²) in [6.45, 7) is 0.381. The third kappa shape index (κ3) is 4.25. The van der Waals surface area contributed by atoms with Gasteiger partial charge >= 0.3 is 12.3 Å². The molecular formula is C19H19F6N5O2. The van der Waals surface area contributed by atoms with Gasteiger partial charge in [0.15, 0.2) is 11.6 Å². The zero-order valence-corrected chi connectivity index (χ0v) is 16.5. The minimum Gasteiger partial charge on any atom is -0.465 e. The van der Waals surface area contributed by atoms with Crippen LogP contribution >= 0.6 is 0 Å². The number of halogens is 6. The third-order valence-corrected chi connectivity index (χ3v) is 6.12. The molecule has 13 heteroatoms. The van der Waals surface area contributed by atoms with Crippen molar-refractivity contribution in [3.8, 4) is 0 Å². The predicted molar refractivity (Wildman–Crippen MR) is 97.1 cm³/mol. The Balaban J connectivity index is 1.53. The monoisotopic (exact) mass is 463 g/mol. The quantitative estimate of drug-likeness (QED) is 0.538. The van der Waals surface area contributed by atoms with Gasteiger partial charge in [-0.25, -0.2) is 18.0 Å². The van der Waals surface area contributed by atoms with Crippen LogP contribution in [0, 0.1) is 17.5 Å². The fourth-order valence-corrected chi connectivity index (χ4v) is 4.69. The van der Waals surface area contributed by atoms with E-state index in [2.05, 4.69) is 15.5 Å². The molecule has 32 heavy (non-hydrogen) atoms. The van der Waals surface area contributed by atoms with Gasteiger partial charge in [-0.05, 0) is 30.9 Å². The van der Waals surface area contributed by atoms with Crippen molar-refractivity contribution in [1.82, 2.24) is 25.0 Å². The highest BCUT2D eigenvalue weighted by Crippen LogP contribution is 2.38. The van der Waals surface area contributed by atoms with Gasteiger partial charge in [0.05, 0.1) is 6.54 Å². The maximum atomic E-state index is 14.3. The van der Waals surface area contributed by atoms with Crippen molar-refractivity contribution in [1.29, 1.82) is 0 Å². The number of carboxylic acid groups (broad SMARTS) is 1. The molecule has 0 bridgehead atoms. The van der Waals surface area contributed by atoms with E-state index < -0.39 is 47.5 Å². The number of amides is 1. The summed E-state index contributed by atoms with van der Waals surface area (Å²) in [4.78, 5) is 13.2. The van der Waals surface area contributed by atoms with Crippen molar-refractivity contribution in [2.24, 2.45) is 0 Å². The van der Waals surface area contributed by atoms with Crippen molar-refractivity contribution in [2.45, 2.75) is 56.5 Å². The van der Waals surface area contributed by atoms with Crippen LogP contribution in [0.4, 0.5) is 31.1 Å². The molecule has 1 aliphatic carbocycles. The Morgan fingerprint density at radius 3 is 2.47 bits per heavy atom. The standard InChI is InChI=1S/C19H19F6N5O2/c20-12-7-14(22)13(21)6-11(12)10-2-1-9(5-15(10)26-18(31)32)29-3-4-30-16(8-29)27-28-17(30)19(23,24)25/h6-7,9-10,15,26H,1-5,8H2,(H,31,32)/t9-,10+,15-/m0/s1. The van der Waals surface area contributed by atoms with Crippen LogP contribution in [0.1, 0.15) is 42.4 Å². The number of hydrogen-bond donors (Lipinski definition) is 2. The Hall–Kier alpha value is -2.83. The SMILES string of the molecule is O=C(O)N[C@H]1C[C@@H](N2CCn3c(nnc3C(F)(F)F)C2)CC[C@@H]1c1cc(F)c(F)cc1F. The van der Waals surface area contributed by atoms with Gasteiger partial charge in [-0.1, -0.05) is 0 Å². The highest BCUT2D eigenvalue weighted by atomic mass is 19.4. The average Bonchev–Trinajstić information content (AvgIpc) is 3.14. The van der Waals surface area contributed by atoms with Crippen molar-refractivity contribution in [3.05, 3.63) is 46.8 Å². The van der Waals surface area contributed by atoms with E-state index in [0.29, 0.717) is 12.5 Å². The summed E-state index contributed by atoms with van der Waals surface area (Å²) < 4.78 is 81.5. The second-order valence-electron chi connectivity index (χ2n) is 7.98. The summed E-state index contributed by atoms with van der Waals surface area (Å²) in [5.74, 6) is -5.15. The third-order valence-electron chi connectivity index (χ3n) is 6.12. The Labute approximate surface area is 178 Å². The van der Waals surface area contributed by atoms with Crippen molar-refractivity contribution in [3.63, 3.8) is 0 Å². The fourth-order valence-electron chi connectivity index (χ4n) is 4.69. The normalized spacial score (nSPS) is 24.2. The molecule has 1 amide bonds. The molecule has 1 saturated carbocycles. The molecule has 4 rings (SSSR count). The lowest BCUT2D eigenvalue weighted by Gasteiger charge is -2.42. The first-order valence-electron chi connectivity index (χ1n) is 9.91. The number of rotatable bonds is 3. The molecule has 3 atom stereocenters. The number of alkyl halides is 3. The summed E-state index contributed by atoms with van der Waals surface area (Å²) >= 11 is 0. The molecule has 1 aliphatic heterocycles. The molecule has 174 valence electrons. The number of benzene rings is 1. The molecule has 0 radical (unpaired) electrons. The second-order valence-corrected chi connectivity index (χ2v) is 7.98. The topological polar surface area (TPSA) is 83.3 Å². The first kappa shape index (κ1) is 22.4. The van der Waals surface area contributed by atoms with Crippen LogP contribution in [-0.4, -0.2) is 49.5 Å². The molecule has 1 aromatic heterocycles. The van der Waals surface area contributed by atoms with E-state index in [9.17, 15) is 36.2 Å². The van der Waals surface area contributed by atoms with Crippen LogP contribution in [0.15, 0.2) is 12.1 Å². The lowest BCUT2D eigenvalue weighted by Crippen LogP contribution is -2.50. The lowest BCUT2D eigenvalue weighted by molar-refractivity contribution is -0.148. The van der Waals surface area contributed by atoms with E-state index >= 15 is 0 Å². The number of hydrogen-bond acceptors (Lipinski definition) is 4. The fraction of sp³-hybridized carbons (Fsp3) is 0.526. The summed E-state index contributed by atoms with van der Waals surface area (Å²) in [6.07, 6.45) is -5.01. The molecule has 2 heterocycles. The van der Waals surface area contributed by atoms with Crippen molar-refractivity contribution in [2.75, 3.05) is 6.54 Å². The molecule has 2 N–H and O–H groups in total. The van der Waals surface area contributed by atoms with Crippen LogP contribution < -0.4 is 5.32 Å². The van der Waals surface area contributed by atoms with Gasteiger partial charge < -0.3 is 15.0 Å². The highest BCUT2D eigenvalue weighted by molar-refractivity contribution is 5.65. The molecule has 1 aromatic carbocycles. The number of nitrogens with one attached hydrogen (secondary N) is 1. The lowest BCUT2D eigenvalue weighted by atomic mass is 9.77. The summed E-state index contributed by atoms with van der Waals surface area (Å²) in [6, 6.07) is 0.158. The first-order valence-corrected chi connectivity index (χ1v) is 9.91. The summed E-state index contributed by atoms with van der Waals surface area (Å²) in [5, 5.41) is 18.4. The number of nitrogens with zero attached hydrogens (tertiary/aromatic N) is 4. The van der Waals surface area contributed by atoms with Crippen LogP contribution in [-0.2, 0) is 19.3 Å². The minimum absolute atomic E-state index is 0.0198. The van der Waals surface area contributed by atoms with Gasteiger partial charge in [0, 0.05) is 37.2 Å². The van der Waals surface area contributed by atoms with E-state index in [1.807, 2.05) is 4.90 Å². The van der Waals surface area contributed by atoms with E-state index in [1.165, 1.54) is 0 Å². The van der Waals surface area contributed by atoms with Gasteiger partial charge in [0.25, 0.3) is 0 Å². The van der Waals surface area contributed by atoms with E-state index in [4.69, 9.17) is 0 Å². The molecule has 0 saturated heterocycles. The summed E-state index contributed by atoms with van der Waals surface area (Å²) in [5.41, 5.74) is -0.116. The van der Waals surface area contributed by atoms with Crippen LogP contribution in [0.5, 0.6) is 0 Å². The largest absolute Gasteiger partial charge is 0.465 e. The smallest absolute Gasteiger partial charge is 0.451 e. The van der Waals surface area contributed by atoms with Crippen LogP contribution in [0.3, 0.4) is 0 Å². The van der Waals surface area contributed by atoms with Gasteiger partial charge in [-0.2, -0.15) is 13.2 Å². The molecular weight excluding hydrogens is 444 g/mol. The Bertz CT molecular complexity index is 1030. The highest BCUT2D eigenvalue weighted by Gasteiger charge is 2.42.